The molecule has 0 radical (unpaired) electrons. The van der Waals surface area contributed by atoms with Crippen LogP contribution in [0.1, 0.15) is 26.5 Å². The van der Waals surface area contributed by atoms with Gasteiger partial charge in [-0.25, -0.2) is 0 Å². The van der Waals surface area contributed by atoms with Crippen LogP contribution >= 0.6 is 11.6 Å². The van der Waals surface area contributed by atoms with Gasteiger partial charge in [0, 0.05) is 17.6 Å². The molecular formula is C21H19ClN2O5. The predicted molar refractivity (Wildman–Crippen MR) is 109 cm³/mol. The van der Waals surface area contributed by atoms with Gasteiger partial charge in [0.2, 0.25) is 0 Å². The van der Waals surface area contributed by atoms with Crippen molar-refractivity contribution < 1.29 is 23.5 Å². The second kappa shape index (κ2) is 9.16. The van der Waals surface area contributed by atoms with E-state index in [1.54, 1.807) is 12.1 Å². The number of halogens is 1. The van der Waals surface area contributed by atoms with E-state index in [2.05, 4.69) is 10.6 Å². The fraction of sp³-hybridized carbons (Fsp3) is 0.143. The predicted octanol–water partition coefficient (Wildman–Crippen LogP) is 4.13. The van der Waals surface area contributed by atoms with Gasteiger partial charge < -0.3 is 24.5 Å². The lowest BCUT2D eigenvalue weighted by atomic mass is 10.1. The van der Waals surface area contributed by atoms with Gasteiger partial charge in [-0.05, 0) is 29.8 Å². The lowest BCUT2D eigenvalue weighted by Crippen LogP contribution is -2.25. The number of ether oxygens (including phenoxy) is 2. The van der Waals surface area contributed by atoms with Crippen LogP contribution in [0, 0.1) is 0 Å². The average Bonchev–Trinajstić information content (AvgIpc) is 3.27. The van der Waals surface area contributed by atoms with E-state index in [1.165, 1.54) is 38.7 Å². The zero-order valence-electron chi connectivity index (χ0n) is 15.8. The number of hydrogen-bond donors (Lipinski definition) is 2. The molecule has 0 saturated heterocycles. The second-order valence-electron chi connectivity index (χ2n) is 5.96. The van der Waals surface area contributed by atoms with Gasteiger partial charge in [-0.15, -0.1) is 0 Å². The van der Waals surface area contributed by atoms with E-state index in [4.69, 9.17) is 25.5 Å². The molecule has 3 rings (SSSR count). The molecule has 0 atom stereocenters. The smallest absolute Gasteiger partial charge is 0.291 e. The molecule has 0 aliphatic carbocycles. The van der Waals surface area contributed by atoms with Crippen molar-refractivity contribution in [2.75, 3.05) is 19.5 Å². The van der Waals surface area contributed by atoms with Gasteiger partial charge in [-0.2, -0.15) is 0 Å². The Hall–Kier alpha value is -3.45. The van der Waals surface area contributed by atoms with Crippen LogP contribution in [0.4, 0.5) is 5.69 Å². The lowest BCUT2D eigenvalue weighted by molar-refractivity contribution is 0.0951. The van der Waals surface area contributed by atoms with Gasteiger partial charge in [0.25, 0.3) is 11.8 Å². The standard InChI is InChI=1S/C21H19ClN2O5/c1-27-18-10-14(20(25)23-12-13-6-3-4-7-15(13)22)16(11-19(18)28-2)24-21(26)17-8-5-9-29-17/h3-11H,12H2,1-2H3,(H,23,25)(H,24,26). The van der Waals surface area contributed by atoms with E-state index in [1.807, 2.05) is 18.2 Å². The third kappa shape index (κ3) is 4.70. The molecule has 1 heterocycles. The number of methoxy groups -OCH3 is 2. The Labute approximate surface area is 172 Å². The summed E-state index contributed by atoms with van der Waals surface area (Å²) < 4.78 is 15.7. The molecular weight excluding hydrogens is 396 g/mol. The number of amides is 2. The monoisotopic (exact) mass is 414 g/mol. The molecule has 3 aromatic rings. The summed E-state index contributed by atoms with van der Waals surface area (Å²) in [4.78, 5) is 25.3. The molecule has 1 aromatic heterocycles. The summed E-state index contributed by atoms with van der Waals surface area (Å²) in [5, 5.41) is 6.02. The Kier molecular flexibility index (Phi) is 6.41. The first-order valence-corrected chi connectivity index (χ1v) is 9.03. The summed E-state index contributed by atoms with van der Waals surface area (Å²) in [6, 6.07) is 13.3. The Morgan fingerprint density at radius 2 is 1.72 bits per heavy atom. The van der Waals surface area contributed by atoms with Crippen LogP contribution < -0.4 is 20.1 Å². The molecule has 8 heteroatoms. The molecule has 150 valence electrons. The molecule has 2 aromatic carbocycles. The maximum absolute atomic E-state index is 12.9. The van der Waals surface area contributed by atoms with Gasteiger partial charge >= 0.3 is 0 Å². The number of rotatable bonds is 7. The fourth-order valence-corrected chi connectivity index (χ4v) is 2.88. The lowest BCUT2D eigenvalue weighted by Gasteiger charge is -2.15. The summed E-state index contributed by atoms with van der Waals surface area (Å²) in [7, 11) is 2.93. The van der Waals surface area contributed by atoms with Crippen LogP contribution in [0.2, 0.25) is 5.02 Å². The molecule has 0 aliphatic heterocycles. The third-order valence-corrected chi connectivity index (χ3v) is 4.53. The number of benzene rings is 2. The first kappa shape index (κ1) is 20.3. The minimum Gasteiger partial charge on any atom is -0.493 e. The minimum absolute atomic E-state index is 0.113. The van der Waals surface area contributed by atoms with E-state index in [9.17, 15) is 9.59 Å². The molecule has 0 bridgehead atoms. The van der Waals surface area contributed by atoms with Crippen molar-refractivity contribution in [3.8, 4) is 11.5 Å². The van der Waals surface area contributed by atoms with E-state index < -0.39 is 11.8 Å². The average molecular weight is 415 g/mol. The van der Waals surface area contributed by atoms with Gasteiger partial charge in [0.1, 0.15) is 0 Å². The molecule has 7 nitrogen and oxygen atoms in total. The number of carbonyl (C=O) groups excluding carboxylic acids is 2. The highest BCUT2D eigenvalue weighted by Gasteiger charge is 2.20. The van der Waals surface area contributed by atoms with Crippen LogP contribution in [0.5, 0.6) is 11.5 Å². The number of carbonyl (C=O) groups is 2. The van der Waals surface area contributed by atoms with Crippen LogP contribution in [-0.2, 0) is 6.54 Å². The van der Waals surface area contributed by atoms with Gasteiger partial charge in [-0.1, -0.05) is 29.8 Å². The van der Waals surface area contributed by atoms with Gasteiger partial charge in [0.15, 0.2) is 17.3 Å². The molecule has 0 aliphatic rings. The number of furan rings is 1. The third-order valence-electron chi connectivity index (χ3n) is 4.16. The second-order valence-corrected chi connectivity index (χ2v) is 6.37. The highest BCUT2D eigenvalue weighted by atomic mass is 35.5. The van der Waals surface area contributed by atoms with Gasteiger partial charge in [0.05, 0.1) is 31.7 Å². The summed E-state index contributed by atoms with van der Waals surface area (Å²) in [5.74, 6) is -0.0820. The van der Waals surface area contributed by atoms with Crippen molar-refractivity contribution in [3.05, 3.63) is 76.7 Å². The SMILES string of the molecule is COc1cc(NC(=O)c2ccco2)c(C(=O)NCc2ccccc2Cl)cc1OC. The Morgan fingerprint density at radius 1 is 1.00 bits per heavy atom. The summed E-state index contributed by atoms with van der Waals surface area (Å²) in [6.45, 7) is 0.221. The molecule has 0 spiro atoms. The van der Waals surface area contributed by atoms with Crippen molar-refractivity contribution in [1.82, 2.24) is 5.32 Å². The first-order chi connectivity index (χ1) is 14.0. The van der Waals surface area contributed by atoms with Crippen molar-refractivity contribution in [2.24, 2.45) is 0 Å². The highest BCUT2D eigenvalue weighted by molar-refractivity contribution is 6.31. The maximum atomic E-state index is 12.9. The summed E-state index contributed by atoms with van der Waals surface area (Å²) in [5.41, 5.74) is 1.22. The number of nitrogens with one attached hydrogen (secondary N) is 2. The quantitative estimate of drug-likeness (QED) is 0.606. The van der Waals surface area contributed by atoms with Crippen LogP contribution in [0.15, 0.2) is 59.2 Å². The zero-order valence-corrected chi connectivity index (χ0v) is 16.6. The first-order valence-electron chi connectivity index (χ1n) is 8.66. The summed E-state index contributed by atoms with van der Waals surface area (Å²) >= 11 is 6.14. The van der Waals surface area contributed by atoms with E-state index in [0.717, 1.165) is 5.56 Å². The van der Waals surface area contributed by atoms with Crippen LogP contribution in [0.3, 0.4) is 0 Å². The highest BCUT2D eigenvalue weighted by Crippen LogP contribution is 2.33. The van der Waals surface area contributed by atoms with Crippen molar-refractivity contribution in [1.29, 1.82) is 0 Å². The van der Waals surface area contributed by atoms with E-state index in [0.29, 0.717) is 16.5 Å². The fourth-order valence-electron chi connectivity index (χ4n) is 2.67. The number of anilines is 1. The van der Waals surface area contributed by atoms with Crippen molar-refractivity contribution >= 4 is 29.1 Å². The molecule has 29 heavy (non-hydrogen) atoms. The van der Waals surface area contributed by atoms with E-state index >= 15 is 0 Å². The normalized spacial score (nSPS) is 10.3. The molecule has 0 saturated carbocycles. The van der Waals surface area contributed by atoms with E-state index in [-0.39, 0.29) is 23.6 Å². The molecule has 0 unspecified atom stereocenters. The largest absolute Gasteiger partial charge is 0.493 e. The molecule has 2 N–H and O–H groups in total. The zero-order chi connectivity index (χ0) is 20.8. The van der Waals surface area contributed by atoms with Gasteiger partial charge in [-0.3, -0.25) is 9.59 Å². The van der Waals surface area contributed by atoms with Crippen LogP contribution in [-0.4, -0.2) is 26.0 Å². The van der Waals surface area contributed by atoms with Crippen LogP contribution in [0.25, 0.3) is 0 Å². The summed E-state index contributed by atoms with van der Waals surface area (Å²) in [6.07, 6.45) is 1.39. The Morgan fingerprint density at radius 3 is 2.38 bits per heavy atom. The molecule has 0 fully saturated rings. The molecule has 2 amide bonds. The topological polar surface area (TPSA) is 89.8 Å². The Bertz CT molecular complexity index is 1020. The maximum Gasteiger partial charge on any atom is 0.291 e. The minimum atomic E-state index is -0.498. The van der Waals surface area contributed by atoms with Crippen molar-refractivity contribution in [2.45, 2.75) is 6.54 Å². The van der Waals surface area contributed by atoms with Crippen molar-refractivity contribution in [3.63, 3.8) is 0 Å². The number of hydrogen-bond acceptors (Lipinski definition) is 5. The Balaban J connectivity index is 1.89.